The van der Waals surface area contributed by atoms with Gasteiger partial charge in [0, 0.05) is 23.5 Å². The van der Waals surface area contributed by atoms with Gasteiger partial charge in [-0.25, -0.2) is 4.79 Å². The maximum Gasteiger partial charge on any atom is 0.328 e. The van der Waals surface area contributed by atoms with Crippen LogP contribution in [0.4, 0.5) is 0 Å². The number of nitrogens with one attached hydrogen (secondary N) is 4. The van der Waals surface area contributed by atoms with Gasteiger partial charge in [0.25, 0.3) is 0 Å². The molecule has 0 fully saturated rings. The summed E-state index contributed by atoms with van der Waals surface area (Å²) in [6, 6.07) is 0.545. The molecule has 15 heteroatoms. The number of nitrogens with two attached hydrogens (primary N) is 1. The number of aliphatic hydroxyl groups excluding tert-OH is 1. The van der Waals surface area contributed by atoms with E-state index in [1.54, 1.807) is 30.5 Å². The van der Waals surface area contributed by atoms with Gasteiger partial charge in [0.1, 0.15) is 18.1 Å². The van der Waals surface area contributed by atoms with Crippen LogP contribution in [0.15, 0.2) is 30.5 Å². The van der Waals surface area contributed by atoms with Gasteiger partial charge < -0.3 is 47.1 Å². The minimum Gasteiger partial charge on any atom is -0.481 e. The average Bonchev–Trinajstić information content (AvgIpc) is 3.23. The Balaban J connectivity index is 2.30. The Morgan fingerprint density at radius 1 is 0.811 bits per heavy atom. The molecule has 4 unspecified atom stereocenters. The van der Waals surface area contributed by atoms with Crippen LogP contribution in [0.25, 0.3) is 10.9 Å². The number of fused-ring (bicyclic) bond motifs is 1. The van der Waals surface area contributed by atoms with E-state index in [-0.39, 0.29) is 6.42 Å². The third kappa shape index (κ3) is 8.29. The summed E-state index contributed by atoms with van der Waals surface area (Å²) in [5, 5.41) is 43.5. The van der Waals surface area contributed by atoms with Crippen LogP contribution in [0, 0.1) is 0 Å². The van der Waals surface area contributed by atoms with E-state index >= 15 is 0 Å². The van der Waals surface area contributed by atoms with Crippen molar-refractivity contribution < 1.29 is 49.2 Å². The lowest BCUT2D eigenvalue weighted by Crippen LogP contribution is -2.58. The summed E-state index contributed by atoms with van der Waals surface area (Å²) >= 11 is 0. The second kappa shape index (κ2) is 13.0. The number of aliphatic hydroxyl groups is 1. The first-order valence-electron chi connectivity index (χ1n) is 10.9. The maximum atomic E-state index is 13.0. The number of rotatable bonds is 14. The Kier molecular flexibility index (Phi) is 10.1. The van der Waals surface area contributed by atoms with Gasteiger partial charge in [-0.1, -0.05) is 18.2 Å². The topological polar surface area (TPSA) is 261 Å². The molecule has 0 aliphatic rings. The molecule has 0 saturated heterocycles. The molecule has 4 atom stereocenters. The van der Waals surface area contributed by atoms with Crippen LogP contribution >= 0.6 is 0 Å². The molecule has 0 radical (unpaired) electrons. The number of H-pyrrole nitrogens is 1. The molecular formula is C22H27N5O10. The smallest absolute Gasteiger partial charge is 0.328 e. The van der Waals surface area contributed by atoms with E-state index in [4.69, 9.17) is 15.9 Å². The molecular weight excluding hydrogens is 494 g/mol. The zero-order valence-electron chi connectivity index (χ0n) is 19.3. The number of carbonyl (C=O) groups excluding carboxylic acids is 3. The first-order valence-corrected chi connectivity index (χ1v) is 10.9. The van der Waals surface area contributed by atoms with Gasteiger partial charge in [-0.2, -0.15) is 0 Å². The number of benzene rings is 1. The number of hydrogen-bond donors (Lipinski definition) is 9. The summed E-state index contributed by atoms with van der Waals surface area (Å²) in [5.41, 5.74) is 6.73. The van der Waals surface area contributed by atoms with Crippen molar-refractivity contribution in [3.05, 3.63) is 36.0 Å². The van der Waals surface area contributed by atoms with E-state index in [0.717, 1.165) is 0 Å². The van der Waals surface area contributed by atoms with Gasteiger partial charge in [0.05, 0.1) is 25.5 Å². The zero-order valence-corrected chi connectivity index (χ0v) is 19.3. The Morgan fingerprint density at radius 3 is 1.97 bits per heavy atom. The van der Waals surface area contributed by atoms with Crippen molar-refractivity contribution in [2.45, 2.75) is 43.4 Å². The number of aliphatic carboxylic acids is 3. The lowest BCUT2D eigenvalue weighted by Gasteiger charge is -2.24. The molecule has 0 bridgehead atoms. The highest BCUT2D eigenvalue weighted by Gasteiger charge is 2.32. The molecule has 1 heterocycles. The second-order valence-corrected chi connectivity index (χ2v) is 8.07. The Labute approximate surface area is 209 Å². The molecule has 0 aliphatic heterocycles. The number of amides is 3. The van der Waals surface area contributed by atoms with Crippen molar-refractivity contribution in [3.63, 3.8) is 0 Å². The quantitative estimate of drug-likeness (QED) is 0.126. The first kappa shape index (κ1) is 28.7. The largest absolute Gasteiger partial charge is 0.481 e. The highest BCUT2D eigenvalue weighted by molar-refractivity contribution is 5.96. The van der Waals surface area contributed by atoms with Crippen LogP contribution in [-0.2, 0) is 35.2 Å². The van der Waals surface area contributed by atoms with Crippen LogP contribution in [0.2, 0.25) is 0 Å². The molecule has 0 aliphatic carbocycles. The summed E-state index contributed by atoms with van der Waals surface area (Å²) in [6.45, 7) is -0.937. The molecule has 2 aromatic rings. The molecule has 10 N–H and O–H groups in total. The lowest BCUT2D eigenvalue weighted by molar-refractivity contribution is -0.144. The van der Waals surface area contributed by atoms with Gasteiger partial charge in [-0.3, -0.25) is 24.0 Å². The number of hydrogen-bond acceptors (Lipinski definition) is 8. The normalized spacial score (nSPS) is 14.1. The fourth-order valence-corrected chi connectivity index (χ4v) is 3.40. The van der Waals surface area contributed by atoms with Gasteiger partial charge in [-0.05, 0) is 11.6 Å². The van der Waals surface area contributed by atoms with Crippen LogP contribution in [0.5, 0.6) is 0 Å². The van der Waals surface area contributed by atoms with E-state index < -0.39 is 79.2 Å². The van der Waals surface area contributed by atoms with Crippen molar-refractivity contribution in [1.29, 1.82) is 0 Å². The van der Waals surface area contributed by atoms with Crippen molar-refractivity contribution in [2.24, 2.45) is 5.73 Å². The van der Waals surface area contributed by atoms with Crippen molar-refractivity contribution in [3.8, 4) is 0 Å². The van der Waals surface area contributed by atoms with E-state index in [2.05, 4.69) is 20.9 Å². The molecule has 37 heavy (non-hydrogen) atoms. The van der Waals surface area contributed by atoms with Crippen molar-refractivity contribution >= 4 is 46.5 Å². The number of aromatic amines is 1. The van der Waals surface area contributed by atoms with Crippen molar-refractivity contribution in [2.75, 3.05) is 6.61 Å². The third-order valence-corrected chi connectivity index (χ3v) is 5.27. The SMILES string of the molecule is NC(CC(=O)O)C(=O)NC(CC(=O)O)C(=O)NC(Cc1c[nH]c2ccccc12)C(=O)NC(CO)C(=O)O. The minimum atomic E-state index is -1.74. The summed E-state index contributed by atoms with van der Waals surface area (Å²) in [4.78, 5) is 74.4. The predicted molar refractivity (Wildman–Crippen MR) is 125 cm³/mol. The van der Waals surface area contributed by atoms with Gasteiger partial charge in [0.15, 0.2) is 0 Å². The third-order valence-electron chi connectivity index (χ3n) is 5.27. The van der Waals surface area contributed by atoms with Gasteiger partial charge in [-0.15, -0.1) is 0 Å². The number of carboxylic acids is 3. The number of carboxylic acid groups (broad SMARTS) is 3. The summed E-state index contributed by atoms with van der Waals surface area (Å²) in [7, 11) is 0. The maximum absolute atomic E-state index is 13.0. The summed E-state index contributed by atoms with van der Waals surface area (Å²) in [5.74, 6) is -7.63. The van der Waals surface area contributed by atoms with E-state index in [1.807, 2.05) is 0 Å². The fourth-order valence-electron chi connectivity index (χ4n) is 3.40. The van der Waals surface area contributed by atoms with E-state index in [9.17, 15) is 39.0 Å². The lowest BCUT2D eigenvalue weighted by atomic mass is 10.0. The molecule has 2 rings (SSSR count). The van der Waals surface area contributed by atoms with Gasteiger partial charge in [0.2, 0.25) is 17.7 Å². The summed E-state index contributed by atoms with van der Waals surface area (Å²) < 4.78 is 0. The second-order valence-electron chi connectivity index (χ2n) is 8.07. The number of aromatic nitrogens is 1. The molecule has 0 spiro atoms. The van der Waals surface area contributed by atoms with Gasteiger partial charge >= 0.3 is 17.9 Å². The fraction of sp³-hybridized carbons (Fsp3) is 0.364. The molecule has 3 amide bonds. The average molecular weight is 521 g/mol. The zero-order chi connectivity index (χ0) is 27.7. The van der Waals surface area contributed by atoms with Crippen LogP contribution < -0.4 is 21.7 Å². The van der Waals surface area contributed by atoms with Crippen LogP contribution in [0.1, 0.15) is 18.4 Å². The molecule has 1 aromatic carbocycles. The molecule has 200 valence electrons. The highest BCUT2D eigenvalue weighted by Crippen LogP contribution is 2.19. The molecule has 15 nitrogen and oxygen atoms in total. The summed E-state index contributed by atoms with van der Waals surface area (Å²) in [6.07, 6.45) is -0.311. The first-order chi connectivity index (χ1) is 17.4. The van der Waals surface area contributed by atoms with E-state index in [0.29, 0.717) is 16.5 Å². The Hall–Kier alpha value is -4.50. The molecule has 0 saturated carbocycles. The van der Waals surface area contributed by atoms with Crippen molar-refractivity contribution in [1.82, 2.24) is 20.9 Å². The standard InChI is InChI=1S/C22H27N5O10/c23-12(6-17(29)30)19(33)25-15(7-18(31)32)21(35)26-14(20(34)27-16(9-28)22(36)37)5-10-8-24-13-4-2-1-3-11(10)13/h1-4,8,12,14-16,24,28H,5-7,9,23H2,(H,25,33)(H,26,35)(H,27,34)(H,29,30)(H,31,32)(H,36,37). The van der Waals surface area contributed by atoms with Crippen LogP contribution in [0.3, 0.4) is 0 Å². The van der Waals surface area contributed by atoms with Crippen LogP contribution in [-0.4, -0.2) is 91.8 Å². The monoisotopic (exact) mass is 521 g/mol. The predicted octanol–water partition coefficient (Wildman–Crippen LogP) is -2.48. The number of para-hydroxylation sites is 1. The Morgan fingerprint density at radius 2 is 1.38 bits per heavy atom. The highest BCUT2D eigenvalue weighted by atomic mass is 16.4. The Bertz CT molecular complexity index is 1180. The minimum absolute atomic E-state index is 0.175. The molecule has 1 aromatic heterocycles. The van der Waals surface area contributed by atoms with E-state index in [1.165, 1.54) is 0 Å². The number of carbonyl (C=O) groups is 6.